The molecule has 0 radical (unpaired) electrons. The van der Waals surface area contributed by atoms with Crippen molar-refractivity contribution in [2.24, 2.45) is 0 Å². The summed E-state index contributed by atoms with van der Waals surface area (Å²) in [6.07, 6.45) is 0. The topological polar surface area (TPSA) is 17.1 Å². The molecular weight excluding hydrogens is 132 g/mol. The standard InChI is InChI=1S/2C2H3.CO.Fe/c3*1-2;/h2*1H,2H2;;/q2*-1;;. The first kappa shape index (κ1) is 16.0. The van der Waals surface area contributed by atoms with Gasteiger partial charge in [-0.1, -0.05) is 0 Å². The van der Waals surface area contributed by atoms with Crippen molar-refractivity contribution < 1.29 is 20.4 Å². The fourth-order valence-corrected chi connectivity index (χ4v) is 0. The van der Waals surface area contributed by atoms with Gasteiger partial charge in [0.2, 0.25) is 0 Å². The largest absolute Gasteiger partial charge is 0.521 e. The van der Waals surface area contributed by atoms with Gasteiger partial charge in [-0.05, 0) is 0 Å². The average molecular weight is 138 g/mol. The molecular formula is C5H6FeO-2. The van der Waals surface area contributed by atoms with Crippen molar-refractivity contribution in [2.45, 2.75) is 0 Å². The van der Waals surface area contributed by atoms with Gasteiger partial charge in [-0.25, -0.2) is 0 Å². The molecule has 0 aliphatic carbocycles. The van der Waals surface area contributed by atoms with Crippen LogP contribution in [0.25, 0.3) is 0 Å². The van der Waals surface area contributed by atoms with Crippen LogP contribution in [0, 0.1) is 13.2 Å². The third kappa shape index (κ3) is 404. The van der Waals surface area contributed by atoms with Gasteiger partial charge in [0, 0.05) is 0 Å². The minimum atomic E-state index is 1.25. The van der Waals surface area contributed by atoms with Crippen LogP contribution in [0.5, 0.6) is 0 Å². The molecule has 0 bridgehead atoms. The van der Waals surface area contributed by atoms with Crippen molar-refractivity contribution in [3.05, 3.63) is 26.3 Å². The van der Waals surface area contributed by atoms with Crippen LogP contribution in [-0.2, 0) is 20.4 Å². The van der Waals surface area contributed by atoms with E-state index in [4.69, 9.17) is 4.79 Å². The smallest absolute Gasteiger partial charge is 0.288 e. The van der Waals surface area contributed by atoms with E-state index in [1.165, 1.54) is 4.79 Å². The Kier molecular flexibility index (Phi) is 796. The summed E-state index contributed by atoms with van der Waals surface area (Å²) in [5.41, 5.74) is 0. The van der Waals surface area contributed by atoms with Gasteiger partial charge < -0.3 is 13.2 Å². The minimum Gasteiger partial charge on any atom is -0.521 e. The van der Waals surface area contributed by atoms with E-state index in [9.17, 15) is 0 Å². The molecule has 0 unspecified atom stereocenters. The molecule has 0 rings (SSSR count). The molecule has 0 aliphatic heterocycles. The average Bonchev–Trinajstić information content (AvgIpc) is 1.78. The van der Waals surface area contributed by atoms with E-state index in [0.29, 0.717) is 0 Å². The molecule has 0 saturated carbocycles. The van der Waals surface area contributed by atoms with Gasteiger partial charge >= 0.3 is 25.2 Å². The fourth-order valence-electron chi connectivity index (χ4n) is 0. The van der Waals surface area contributed by atoms with Crippen molar-refractivity contribution in [3.63, 3.8) is 0 Å². The molecule has 0 fully saturated rings. The van der Waals surface area contributed by atoms with E-state index in [1.807, 2.05) is 0 Å². The maximum atomic E-state index is 8.57. The van der Waals surface area contributed by atoms with E-state index in [0.717, 1.165) is 0 Å². The van der Waals surface area contributed by atoms with Crippen molar-refractivity contribution >= 4 is 4.79 Å². The summed E-state index contributed by atoms with van der Waals surface area (Å²) in [5, 5.41) is 0. The molecule has 2 heteroatoms. The summed E-state index contributed by atoms with van der Waals surface area (Å²) in [4.78, 5) is 9.82. The van der Waals surface area contributed by atoms with E-state index in [2.05, 4.69) is 41.9 Å². The number of hydrogen-bond acceptors (Lipinski definition) is 1. The van der Waals surface area contributed by atoms with Crippen LogP contribution in [0.4, 0.5) is 0 Å². The Morgan fingerprint density at radius 1 is 1.29 bits per heavy atom. The molecule has 0 aromatic heterocycles. The molecule has 0 aliphatic rings. The van der Waals surface area contributed by atoms with Crippen molar-refractivity contribution in [3.8, 4) is 0 Å². The van der Waals surface area contributed by atoms with Crippen LogP contribution < -0.4 is 0 Å². The zero-order valence-electron chi connectivity index (χ0n) is 3.83. The number of hydrogen-bond donors (Lipinski definition) is 0. The molecule has 0 aromatic carbocycles. The van der Waals surface area contributed by atoms with E-state index >= 15 is 0 Å². The SMILES string of the molecule is O=[C]=[Fe].[CH-]=C.[CH-]=C. The van der Waals surface area contributed by atoms with Crippen LogP contribution >= 0.6 is 0 Å². The molecule has 0 spiro atoms. The third-order valence-electron chi connectivity index (χ3n) is 0. The Morgan fingerprint density at radius 3 is 1.29 bits per heavy atom. The number of rotatable bonds is 0. The predicted octanol–water partition coefficient (Wildman–Crippen LogP) is 0.811. The Balaban J connectivity index is -0.0000000360. The van der Waals surface area contributed by atoms with Crippen molar-refractivity contribution in [1.82, 2.24) is 0 Å². The summed E-state index contributed by atoms with van der Waals surface area (Å²) in [6, 6.07) is 0. The van der Waals surface area contributed by atoms with Gasteiger partial charge in [0.15, 0.2) is 0 Å². The van der Waals surface area contributed by atoms with Gasteiger partial charge in [-0.15, -0.1) is 0 Å². The minimum absolute atomic E-state index is 1.25. The maximum Gasteiger partial charge on any atom is -0.288 e. The second-order valence-electron chi connectivity index (χ2n) is 0.0722. The summed E-state index contributed by atoms with van der Waals surface area (Å²) < 4.78 is 0. The monoisotopic (exact) mass is 138 g/mol. The first-order valence-electron chi connectivity index (χ1n) is 1.20. The first-order chi connectivity index (χ1) is 3.41. The Morgan fingerprint density at radius 2 is 1.29 bits per heavy atom. The van der Waals surface area contributed by atoms with Gasteiger partial charge in [0.25, 0.3) is 0 Å². The van der Waals surface area contributed by atoms with E-state index in [-0.39, 0.29) is 0 Å². The quantitative estimate of drug-likeness (QED) is 0.357. The van der Waals surface area contributed by atoms with Crippen LogP contribution in [0.15, 0.2) is 13.2 Å². The first-order valence-corrected chi connectivity index (χ1v) is 1.75. The van der Waals surface area contributed by atoms with Gasteiger partial charge in [0.1, 0.15) is 0 Å². The predicted molar refractivity (Wildman–Crippen MR) is 25.5 cm³/mol. The van der Waals surface area contributed by atoms with E-state index < -0.39 is 0 Å². The van der Waals surface area contributed by atoms with Crippen LogP contribution in [0.3, 0.4) is 0 Å². The molecule has 0 saturated heterocycles. The normalized spacial score (nSPS) is 2.43. The van der Waals surface area contributed by atoms with Crippen LogP contribution in [-0.4, -0.2) is 4.79 Å². The molecule has 42 valence electrons. The zero-order chi connectivity index (χ0) is 6.71. The summed E-state index contributed by atoms with van der Waals surface area (Å²) >= 11 is 2.68. The fraction of sp³-hybridized carbons (Fsp3) is 0. The molecule has 0 heterocycles. The second kappa shape index (κ2) is 348. The van der Waals surface area contributed by atoms with Crippen LogP contribution in [0.2, 0.25) is 0 Å². The third-order valence-corrected chi connectivity index (χ3v) is 0. The van der Waals surface area contributed by atoms with E-state index in [1.54, 1.807) is 0 Å². The molecule has 0 aromatic rings. The Hall–Kier alpha value is -0.421. The molecule has 1 nitrogen and oxygen atoms in total. The molecule has 0 atom stereocenters. The molecule has 0 amide bonds. The van der Waals surface area contributed by atoms with Gasteiger partial charge in [-0.2, -0.15) is 0 Å². The number of carbonyl (C=O) groups excluding carboxylic acids is 1. The van der Waals surface area contributed by atoms with Gasteiger partial charge in [-0.3, -0.25) is 13.2 Å². The second-order valence-corrected chi connectivity index (χ2v) is 0.298. The molecule has 7 heavy (non-hydrogen) atoms. The van der Waals surface area contributed by atoms with Gasteiger partial charge in [0.05, 0.1) is 0 Å². The van der Waals surface area contributed by atoms with Crippen molar-refractivity contribution in [2.75, 3.05) is 0 Å². The Bertz CT molecular complexity index is 44.0. The zero-order valence-corrected chi connectivity index (χ0v) is 4.93. The Labute approximate surface area is 52.1 Å². The summed E-state index contributed by atoms with van der Waals surface area (Å²) in [5.74, 6) is 0. The van der Waals surface area contributed by atoms with Crippen LogP contribution in [0.1, 0.15) is 0 Å². The summed E-state index contributed by atoms with van der Waals surface area (Å²) in [7, 11) is 0. The summed E-state index contributed by atoms with van der Waals surface area (Å²) in [6.45, 7) is 14.0. The maximum absolute atomic E-state index is 8.57. The van der Waals surface area contributed by atoms with Crippen molar-refractivity contribution in [1.29, 1.82) is 0 Å². The molecule has 0 N–H and O–H groups in total.